The smallest absolute Gasteiger partial charge is 0.417 e. The monoisotopic (exact) mass is 341 g/mol. The van der Waals surface area contributed by atoms with Crippen LogP contribution in [0.5, 0.6) is 0 Å². The van der Waals surface area contributed by atoms with Gasteiger partial charge in [-0.3, -0.25) is 9.59 Å². The summed E-state index contributed by atoms with van der Waals surface area (Å²) in [6.45, 7) is 13.5. The lowest BCUT2D eigenvalue weighted by atomic mass is 9.92. The van der Waals surface area contributed by atoms with Crippen molar-refractivity contribution in [1.82, 2.24) is 4.90 Å². The minimum atomic E-state index is -0.614. The number of ether oxygens (including phenoxy) is 2. The molecule has 6 heteroatoms. The molecule has 0 aliphatic carbocycles. The maximum absolute atomic E-state index is 12.8. The van der Waals surface area contributed by atoms with Crippen LogP contribution in [-0.2, 0) is 19.1 Å². The van der Waals surface area contributed by atoms with Crippen molar-refractivity contribution in [2.45, 2.75) is 73.0 Å². The number of imide groups is 1. The van der Waals surface area contributed by atoms with Crippen molar-refractivity contribution in [2.24, 2.45) is 17.8 Å². The zero-order valence-corrected chi connectivity index (χ0v) is 15.9. The Kier molecular flexibility index (Phi) is 6.81. The molecule has 0 aromatic carbocycles. The van der Waals surface area contributed by atoms with Crippen molar-refractivity contribution in [3.8, 4) is 0 Å². The van der Waals surface area contributed by atoms with Crippen LogP contribution in [0.4, 0.5) is 4.79 Å². The summed E-state index contributed by atoms with van der Waals surface area (Å²) in [5.74, 6) is -0.974. The van der Waals surface area contributed by atoms with E-state index >= 15 is 0 Å². The molecule has 0 bridgehead atoms. The fourth-order valence-electron chi connectivity index (χ4n) is 2.66. The molecule has 0 saturated carbocycles. The van der Waals surface area contributed by atoms with Gasteiger partial charge >= 0.3 is 12.1 Å². The highest BCUT2D eigenvalue weighted by molar-refractivity contribution is 5.95. The maximum atomic E-state index is 12.8. The van der Waals surface area contributed by atoms with Crippen molar-refractivity contribution >= 4 is 18.0 Å². The Balaban J connectivity index is 2.82. The predicted octanol–water partition coefficient (Wildman–Crippen LogP) is 3.38. The van der Waals surface area contributed by atoms with Crippen molar-refractivity contribution in [3.05, 3.63) is 0 Å². The third-order valence-electron chi connectivity index (χ3n) is 3.78. The first-order chi connectivity index (χ1) is 10.9. The van der Waals surface area contributed by atoms with Gasteiger partial charge in [0.1, 0.15) is 11.7 Å². The van der Waals surface area contributed by atoms with Gasteiger partial charge in [0.25, 0.3) is 0 Å². The molecule has 2 atom stereocenters. The molecule has 138 valence electrons. The fourth-order valence-corrected chi connectivity index (χ4v) is 2.66. The molecule has 0 aromatic rings. The van der Waals surface area contributed by atoms with E-state index in [-0.39, 0.29) is 36.8 Å². The van der Waals surface area contributed by atoms with Gasteiger partial charge in [0.05, 0.1) is 13.0 Å². The van der Waals surface area contributed by atoms with Crippen LogP contribution < -0.4 is 0 Å². The molecule has 0 N–H and O–H groups in total. The van der Waals surface area contributed by atoms with Gasteiger partial charge in [-0.1, -0.05) is 27.7 Å². The molecule has 1 unspecified atom stereocenters. The zero-order valence-electron chi connectivity index (χ0n) is 15.9. The third-order valence-corrected chi connectivity index (χ3v) is 3.78. The Hall–Kier alpha value is -1.59. The molecule has 1 fully saturated rings. The number of carbonyl (C=O) groups excluding carboxylic acids is 3. The Morgan fingerprint density at radius 2 is 1.83 bits per heavy atom. The number of carbonyl (C=O) groups is 3. The highest BCUT2D eigenvalue weighted by Crippen LogP contribution is 2.25. The van der Waals surface area contributed by atoms with E-state index in [1.807, 2.05) is 27.7 Å². The molecule has 2 amide bonds. The first-order valence-corrected chi connectivity index (χ1v) is 8.64. The highest BCUT2D eigenvalue weighted by atomic mass is 16.6. The van der Waals surface area contributed by atoms with Crippen LogP contribution in [0.2, 0.25) is 0 Å². The summed E-state index contributed by atoms with van der Waals surface area (Å²) in [6.07, 6.45) is -0.405. The SMILES string of the molecule is CC(C)C[C@H](CC(=O)OC(C)(C)C)C(=O)N1CC(C(C)C)OC1=O. The number of nitrogens with zero attached hydrogens (tertiary/aromatic N) is 1. The van der Waals surface area contributed by atoms with Crippen molar-refractivity contribution < 1.29 is 23.9 Å². The van der Waals surface area contributed by atoms with Gasteiger partial charge in [-0.15, -0.1) is 0 Å². The van der Waals surface area contributed by atoms with Gasteiger partial charge in [-0.05, 0) is 39.0 Å². The Bertz CT molecular complexity index is 478. The van der Waals surface area contributed by atoms with Gasteiger partial charge in [-0.25, -0.2) is 9.69 Å². The van der Waals surface area contributed by atoms with Crippen molar-refractivity contribution in [3.63, 3.8) is 0 Å². The van der Waals surface area contributed by atoms with Crippen molar-refractivity contribution in [1.29, 1.82) is 0 Å². The number of cyclic esters (lactones) is 1. The number of hydrogen-bond acceptors (Lipinski definition) is 5. The second-order valence-electron chi connectivity index (χ2n) is 8.23. The molecule has 1 rings (SSSR count). The predicted molar refractivity (Wildman–Crippen MR) is 90.2 cm³/mol. The minimum Gasteiger partial charge on any atom is -0.460 e. The molecule has 0 radical (unpaired) electrons. The number of hydrogen-bond donors (Lipinski definition) is 0. The lowest BCUT2D eigenvalue weighted by Gasteiger charge is -2.24. The van der Waals surface area contributed by atoms with E-state index in [0.717, 1.165) is 4.90 Å². The molecule has 0 spiro atoms. The molecule has 24 heavy (non-hydrogen) atoms. The fraction of sp³-hybridized carbons (Fsp3) is 0.833. The van der Waals surface area contributed by atoms with Gasteiger partial charge in [0.2, 0.25) is 5.91 Å². The van der Waals surface area contributed by atoms with Crippen LogP contribution in [-0.4, -0.2) is 41.1 Å². The van der Waals surface area contributed by atoms with E-state index in [1.165, 1.54) is 0 Å². The largest absolute Gasteiger partial charge is 0.460 e. The molecule has 1 heterocycles. The van der Waals surface area contributed by atoms with Gasteiger partial charge in [0, 0.05) is 5.92 Å². The van der Waals surface area contributed by atoms with E-state index < -0.39 is 23.6 Å². The van der Waals surface area contributed by atoms with E-state index in [4.69, 9.17) is 9.47 Å². The summed E-state index contributed by atoms with van der Waals surface area (Å²) < 4.78 is 10.6. The maximum Gasteiger partial charge on any atom is 0.417 e. The summed E-state index contributed by atoms with van der Waals surface area (Å²) in [5.41, 5.74) is -0.599. The average molecular weight is 341 g/mol. The molecular weight excluding hydrogens is 310 g/mol. The summed E-state index contributed by atoms with van der Waals surface area (Å²) >= 11 is 0. The molecule has 0 aromatic heterocycles. The Labute approximate surface area is 144 Å². The molecule has 1 saturated heterocycles. The number of esters is 1. The van der Waals surface area contributed by atoms with Crippen molar-refractivity contribution in [2.75, 3.05) is 6.54 Å². The second-order valence-corrected chi connectivity index (χ2v) is 8.23. The average Bonchev–Trinajstić information content (AvgIpc) is 2.76. The summed E-state index contributed by atoms with van der Waals surface area (Å²) in [6, 6.07) is 0. The Morgan fingerprint density at radius 3 is 2.25 bits per heavy atom. The normalized spacial score (nSPS) is 19.6. The van der Waals surface area contributed by atoms with Crippen LogP contribution in [0.25, 0.3) is 0 Å². The molecule has 1 aliphatic rings. The highest BCUT2D eigenvalue weighted by Gasteiger charge is 2.40. The quantitative estimate of drug-likeness (QED) is 0.693. The van der Waals surface area contributed by atoms with Crippen LogP contribution >= 0.6 is 0 Å². The number of amides is 2. The second kappa shape index (κ2) is 7.99. The van der Waals surface area contributed by atoms with Gasteiger partial charge < -0.3 is 9.47 Å². The Morgan fingerprint density at radius 1 is 1.25 bits per heavy atom. The standard InChI is InChI=1S/C18H31NO5/c1-11(2)8-13(9-15(20)24-18(5,6)7)16(21)19-10-14(12(3)4)23-17(19)22/h11-14H,8-10H2,1-7H3/t13-,14?/m1/s1. The number of rotatable bonds is 6. The van der Waals surface area contributed by atoms with Crippen LogP contribution in [0.15, 0.2) is 0 Å². The van der Waals surface area contributed by atoms with Gasteiger partial charge in [0.15, 0.2) is 0 Å². The summed E-state index contributed by atoms with van der Waals surface area (Å²) in [7, 11) is 0. The lowest BCUT2D eigenvalue weighted by molar-refractivity contribution is -0.158. The van der Waals surface area contributed by atoms with E-state index in [0.29, 0.717) is 6.42 Å². The third kappa shape index (κ3) is 6.13. The summed E-state index contributed by atoms with van der Waals surface area (Å²) in [4.78, 5) is 38.0. The van der Waals surface area contributed by atoms with Crippen LogP contribution in [0.1, 0.15) is 61.3 Å². The van der Waals surface area contributed by atoms with Crippen LogP contribution in [0.3, 0.4) is 0 Å². The van der Waals surface area contributed by atoms with E-state index in [9.17, 15) is 14.4 Å². The van der Waals surface area contributed by atoms with Gasteiger partial charge in [-0.2, -0.15) is 0 Å². The first kappa shape index (κ1) is 20.5. The summed E-state index contributed by atoms with van der Waals surface area (Å²) in [5, 5.41) is 0. The topological polar surface area (TPSA) is 72.9 Å². The minimum absolute atomic E-state index is 0.0234. The lowest BCUT2D eigenvalue weighted by Crippen LogP contribution is -2.39. The van der Waals surface area contributed by atoms with Crippen LogP contribution in [0, 0.1) is 17.8 Å². The molecule has 1 aliphatic heterocycles. The molecular formula is C18H31NO5. The molecule has 6 nitrogen and oxygen atoms in total. The first-order valence-electron chi connectivity index (χ1n) is 8.64. The van der Waals surface area contributed by atoms with E-state index in [1.54, 1.807) is 20.8 Å². The van der Waals surface area contributed by atoms with E-state index in [2.05, 4.69) is 0 Å². The zero-order chi connectivity index (χ0) is 18.7.